The van der Waals surface area contributed by atoms with Gasteiger partial charge in [0, 0.05) is 18.1 Å². The lowest BCUT2D eigenvalue weighted by atomic mass is 10.0. The van der Waals surface area contributed by atoms with E-state index in [1.165, 1.54) is 24.8 Å². The van der Waals surface area contributed by atoms with Gasteiger partial charge in [-0.25, -0.2) is 0 Å². The van der Waals surface area contributed by atoms with E-state index < -0.39 is 0 Å². The van der Waals surface area contributed by atoms with E-state index in [0.717, 1.165) is 13.1 Å². The molecule has 1 heterocycles. The van der Waals surface area contributed by atoms with Crippen molar-refractivity contribution in [3.05, 3.63) is 29.8 Å². The molecule has 2 fully saturated rings. The molecule has 17 heavy (non-hydrogen) atoms. The first-order valence-corrected chi connectivity index (χ1v) is 6.45. The lowest BCUT2D eigenvalue weighted by Gasteiger charge is -2.33. The van der Waals surface area contributed by atoms with Gasteiger partial charge in [-0.05, 0) is 50.6 Å². The van der Waals surface area contributed by atoms with Gasteiger partial charge in [0.2, 0.25) is 0 Å². The van der Waals surface area contributed by atoms with Gasteiger partial charge in [0.15, 0.2) is 0 Å². The van der Waals surface area contributed by atoms with Crippen molar-refractivity contribution in [3.8, 4) is 5.75 Å². The average molecular weight is 232 g/mol. The molecule has 3 rings (SSSR count). The summed E-state index contributed by atoms with van der Waals surface area (Å²) in [4.78, 5) is 2.52. The Bertz CT molecular complexity index is 408. The molecule has 1 atom stereocenters. The summed E-state index contributed by atoms with van der Waals surface area (Å²) in [5.41, 5.74) is 1.46. The van der Waals surface area contributed by atoms with Crippen LogP contribution in [-0.2, 0) is 5.54 Å². The molecule has 2 N–H and O–H groups in total. The van der Waals surface area contributed by atoms with E-state index in [0.29, 0.717) is 11.8 Å². The summed E-state index contributed by atoms with van der Waals surface area (Å²) in [5, 5.41) is 13.0. The molecule has 1 saturated carbocycles. The average Bonchev–Trinajstić information content (AvgIpc) is 2.96. The third kappa shape index (κ3) is 1.83. The zero-order valence-corrected chi connectivity index (χ0v) is 10.3. The van der Waals surface area contributed by atoms with Gasteiger partial charge in [-0.1, -0.05) is 12.1 Å². The van der Waals surface area contributed by atoms with Crippen LogP contribution >= 0.6 is 0 Å². The van der Waals surface area contributed by atoms with Gasteiger partial charge >= 0.3 is 0 Å². The minimum atomic E-state index is 0.190. The quantitative estimate of drug-likeness (QED) is 0.832. The van der Waals surface area contributed by atoms with Gasteiger partial charge in [0.1, 0.15) is 5.75 Å². The lowest BCUT2D eigenvalue weighted by molar-refractivity contribution is 0.164. The summed E-state index contributed by atoms with van der Waals surface area (Å²) in [7, 11) is 2.23. The highest BCUT2D eigenvalue weighted by Gasteiger charge is 2.50. The van der Waals surface area contributed by atoms with E-state index in [2.05, 4.69) is 23.3 Å². The predicted octanol–water partition coefficient (Wildman–Crippen LogP) is 1.67. The molecule has 0 radical (unpaired) electrons. The number of phenolic OH excluding ortho intramolecular Hbond substituents is 1. The molecule has 1 unspecified atom stereocenters. The molecular weight excluding hydrogens is 212 g/mol. The SMILES string of the molecule is CN(C1CCNC1)C1(c2cccc(O)c2)CC1. The second kappa shape index (κ2) is 4.00. The fourth-order valence-electron chi connectivity index (χ4n) is 3.08. The third-order valence-electron chi connectivity index (χ3n) is 4.36. The van der Waals surface area contributed by atoms with Gasteiger partial charge < -0.3 is 10.4 Å². The molecule has 0 spiro atoms. The van der Waals surface area contributed by atoms with E-state index in [1.54, 1.807) is 6.07 Å². The highest BCUT2D eigenvalue weighted by molar-refractivity contribution is 5.36. The van der Waals surface area contributed by atoms with Crippen molar-refractivity contribution < 1.29 is 5.11 Å². The summed E-state index contributed by atoms with van der Waals surface area (Å²) in [6.07, 6.45) is 3.66. The van der Waals surface area contributed by atoms with Crippen molar-refractivity contribution >= 4 is 0 Å². The number of hydrogen-bond donors (Lipinski definition) is 2. The van der Waals surface area contributed by atoms with Gasteiger partial charge in [-0.15, -0.1) is 0 Å². The fraction of sp³-hybridized carbons (Fsp3) is 0.571. The monoisotopic (exact) mass is 232 g/mol. The summed E-state index contributed by atoms with van der Waals surface area (Å²) in [6, 6.07) is 8.40. The van der Waals surface area contributed by atoms with Crippen LogP contribution in [0.1, 0.15) is 24.8 Å². The van der Waals surface area contributed by atoms with Crippen molar-refractivity contribution in [2.24, 2.45) is 0 Å². The summed E-state index contributed by atoms with van der Waals surface area (Å²) in [6.45, 7) is 2.22. The van der Waals surface area contributed by atoms with Gasteiger partial charge in [0.25, 0.3) is 0 Å². The van der Waals surface area contributed by atoms with Crippen LogP contribution in [0.4, 0.5) is 0 Å². The van der Waals surface area contributed by atoms with Gasteiger partial charge in [0.05, 0.1) is 0 Å². The zero-order chi connectivity index (χ0) is 11.9. The Morgan fingerprint density at radius 2 is 2.24 bits per heavy atom. The number of aromatic hydroxyl groups is 1. The van der Waals surface area contributed by atoms with Crippen LogP contribution in [0.25, 0.3) is 0 Å². The van der Waals surface area contributed by atoms with E-state index in [1.807, 2.05) is 12.1 Å². The molecule has 1 aliphatic heterocycles. The summed E-state index contributed by atoms with van der Waals surface area (Å²) < 4.78 is 0. The lowest BCUT2D eigenvalue weighted by Crippen LogP contribution is -2.41. The van der Waals surface area contributed by atoms with Crippen molar-refractivity contribution in [2.75, 3.05) is 20.1 Å². The maximum atomic E-state index is 9.62. The first kappa shape index (κ1) is 11.1. The van der Waals surface area contributed by atoms with Crippen molar-refractivity contribution in [2.45, 2.75) is 30.8 Å². The van der Waals surface area contributed by atoms with Crippen LogP contribution < -0.4 is 5.32 Å². The number of hydrogen-bond acceptors (Lipinski definition) is 3. The molecule has 0 bridgehead atoms. The number of nitrogens with zero attached hydrogens (tertiary/aromatic N) is 1. The number of benzene rings is 1. The Balaban J connectivity index is 1.85. The van der Waals surface area contributed by atoms with Crippen LogP contribution in [0, 0.1) is 0 Å². The van der Waals surface area contributed by atoms with E-state index in [9.17, 15) is 5.11 Å². The van der Waals surface area contributed by atoms with Crippen LogP contribution in [0.15, 0.2) is 24.3 Å². The summed E-state index contributed by atoms with van der Waals surface area (Å²) >= 11 is 0. The number of rotatable bonds is 3. The number of phenols is 1. The molecule has 92 valence electrons. The zero-order valence-electron chi connectivity index (χ0n) is 10.3. The number of nitrogens with one attached hydrogen (secondary N) is 1. The highest BCUT2D eigenvalue weighted by Crippen LogP contribution is 2.51. The van der Waals surface area contributed by atoms with Crippen LogP contribution in [0.2, 0.25) is 0 Å². The minimum Gasteiger partial charge on any atom is -0.508 e. The largest absolute Gasteiger partial charge is 0.508 e. The molecule has 1 saturated heterocycles. The van der Waals surface area contributed by atoms with E-state index in [-0.39, 0.29) is 5.54 Å². The molecule has 1 aromatic rings. The van der Waals surface area contributed by atoms with E-state index >= 15 is 0 Å². The minimum absolute atomic E-state index is 0.190. The summed E-state index contributed by atoms with van der Waals surface area (Å²) in [5.74, 6) is 0.381. The maximum Gasteiger partial charge on any atom is 0.115 e. The first-order valence-electron chi connectivity index (χ1n) is 6.45. The standard InChI is InChI=1S/C14H20N2O/c1-16(12-5-8-15-10-12)14(6-7-14)11-3-2-4-13(17)9-11/h2-4,9,12,15,17H,5-8,10H2,1H3. The third-order valence-corrected chi connectivity index (χ3v) is 4.36. The van der Waals surface area contributed by atoms with Crippen LogP contribution in [0.5, 0.6) is 5.75 Å². The smallest absolute Gasteiger partial charge is 0.115 e. The molecule has 0 amide bonds. The van der Waals surface area contributed by atoms with Crippen molar-refractivity contribution in [3.63, 3.8) is 0 Å². The van der Waals surface area contributed by atoms with E-state index in [4.69, 9.17) is 0 Å². The van der Waals surface area contributed by atoms with Gasteiger partial charge in [-0.2, -0.15) is 0 Å². The van der Waals surface area contributed by atoms with Crippen LogP contribution in [0.3, 0.4) is 0 Å². The van der Waals surface area contributed by atoms with Gasteiger partial charge in [-0.3, -0.25) is 4.90 Å². The second-order valence-electron chi connectivity index (χ2n) is 5.34. The maximum absolute atomic E-state index is 9.62. The molecule has 3 nitrogen and oxygen atoms in total. The molecule has 3 heteroatoms. The Hall–Kier alpha value is -1.06. The highest BCUT2D eigenvalue weighted by atomic mass is 16.3. The van der Waals surface area contributed by atoms with Crippen LogP contribution in [-0.4, -0.2) is 36.2 Å². The predicted molar refractivity (Wildman–Crippen MR) is 68.1 cm³/mol. The Kier molecular flexibility index (Phi) is 2.60. The molecular formula is C14H20N2O. The first-order chi connectivity index (χ1) is 8.22. The fourth-order valence-corrected chi connectivity index (χ4v) is 3.08. The molecule has 1 aliphatic carbocycles. The Morgan fingerprint density at radius 1 is 1.41 bits per heavy atom. The second-order valence-corrected chi connectivity index (χ2v) is 5.34. The topological polar surface area (TPSA) is 35.5 Å². The van der Waals surface area contributed by atoms with Crippen molar-refractivity contribution in [1.82, 2.24) is 10.2 Å². The number of likely N-dealkylation sites (N-methyl/N-ethyl adjacent to an activating group) is 1. The normalized spacial score (nSPS) is 26.4. The van der Waals surface area contributed by atoms with Crippen molar-refractivity contribution in [1.29, 1.82) is 0 Å². The molecule has 1 aromatic carbocycles. The Morgan fingerprint density at radius 3 is 2.82 bits per heavy atom. The Labute approximate surface area is 102 Å². The molecule has 2 aliphatic rings. The molecule has 0 aromatic heterocycles.